The molecule has 0 aliphatic carbocycles. The first kappa shape index (κ1) is 18.9. The summed E-state index contributed by atoms with van der Waals surface area (Å²) in [5.74, 6) is -1.91. The van der Waals surface area contributed by atoms with E-state index < -0.39 is 12.1 Å². The molecule has 0 bridgehead atoms. The quantitative estimate of drug-likeness (QED) is 0.673. The first-order valence-electron chi connectivity index (χ1n) is 6.64. The van der Waals surface area contributed by atoms with Gasteiger partial charge in [-0.1, -0.05) is 5.16 Å². The molecule has 3 aromatic rings. The number of thiophene rings is 1. The number of aryl methyl sites for hydroxylation is 2. The smallest absolute Gasteiger partial charge is 0.475 e. The van der Waals surface area contributed by atoms with Gasteiger partial charge in [-0.3, -0.25) is 0 Å². The molecule has 0 saturated carbocycles. The maximum Gasteiger partial charge on any atom is 0.490 e. The molecule has 0 aromatic carbocycles. The Balaban J connectivity index is 0.000000277. The summed E-state index contributed by atoms with van der Waals surface area (Å²) in [5.41, 5.74) is 8.58. The number of halogens is 3. The van der Waals surface area contributed by atoms with Crippen molar-refractivity contribution in [2.75, 3.05) is 5.73 Å². The van der Waals surface area contributed by atoms with Gasteiger partial charge in [0, 0.05) is 10.3 Å². The van der Waals surface area contributed by atoms with Crippen LogP contribution in [0, 0.1) is 13.8 Å². The molecule has 6 nitrogen and oxygen atoms in total. The molecule has 3 N–H and O–H groups in total. The van der Waals surface area contributed by atoms with Gasteiger partial charge in [-0.2, -0.15) is 13.2 Å². The molecule has 0 amide bonds. The molecule has 3 heterocycles. The number of anilines is 1. The second kappa shape index (κ2) is 7.23. The number of aromatic nitrogens is 2. The van der Waals surface area contributed by atoms with E-state index >= 15 is 0 Å². The summed E-state index contributed by atoms with van der Waals surface area (Å²) in [5, 5.41) is 13.7. The Morgan fingerprint density at radius 2 is 1.88 bits per heavy atom. The van der Waals surface area contributed by atoms with Gasteiger partial charge in [0.25, 0.3) is 0 Å². The predicted octanol–water partition coefficient (Wildman–Crippen LogP) is 4.36. The number of carboxylic acid groups (broad SMARTS) is 1. The van der Waals surface area contributed by atoms with Crippen molar-refractivity contribution in [1.82, 2.24) is 10.1 Å². The van der Waals surface area contributed by atoms with Crippen LogP contribution >= 0.6 is 22.7 Å². The van der Waals surface area contributed by atoms with E-state index in [1.54, 1.807) is 11.3 Å². The van der Waals surface area contributed by atoms with Crippen molar-refractivity contribution in [3.8, 4) is 21.0 Å². The lowest BCUT2D eigenvalue weighted by Gasteiger charge is -1.93. The molecule has 11 heteroatoms. The largest absolute Gasteiger partial charge is 0.490 e. The summed E-state index contributed by atoms with van der Waals surface area (Å²) in [4.78, 5) is 15.4. The standard InChI is InChI=1S/C12H11N3OS2.C2HF3O2/c1-6-11(7(2)16-15-6)10-4-3-9(18-10)8-5-17-12(13)14-8;3-2(4,5)1(6)7/h3-5H,1-2H3,(H2,13,14);(H,6,7). The van der Waals surface area contributed by atoms with Gasteiger partial charge in [-0.25, -0.2) is 9.78 Å². The molecule has 0 aliphatic rings. The van der Waals surface area contributed by atoms with E-state index in [-0.39, 0.29) is 0 Å². The average molecular weight is 391 g/mol. The zero-order chi connectivity index (χ0) is 18.8. The minimum atomic E-state index is -5.08. The highest BCUT2D eigenvalue weighted by Gasteiger charge is 2.38. The zero-order valence-corrected chi connectivity index (χ0v) is 14.6. The molecule has 0 atom stereocenters. The molecule has 134 valence electrons. The Labute approximate surface area is 147 Å². The van der Waals surface area contributed by atoms with Crippen molar-refractivity contribution in [3.63, 3.8) is 0 Å². The van der Waals surface area contributed by atoms with Crippen LogP contribution in [-0.2, 0) is 4.79 Å². The van der Waals surface area contributed by atoms with Gasteiger partial charge in [-0.05, 0) is 26.0 Å². The fraction of sp³-hybridized carbons (Fsp3) is 0.214. The number of hydrogen-bond acceptors (Lipinski definition) is 7. The second-order valence-electron chi connectivity index (χ2n) is 4.74. The number of aliphatic carboxylic acids is 1. The van der Waals surface area contributed by atoms with Crippen LogP contribution in [0.15, 0.2) is 22.0 Å². The molecule has 25 heavy (non-hydrogen) atoms. The average Bonchev–Trinajstić information content (AvgIpc) is 3.20. The fourth-order valence-electron chi connectivity index (χ4n) is 1.85. The van der Waals surface area contributed by atoms with E-state index in [9.17, 15) is 13.2 Å². The van der Waals surface area contributed by atoms with Crippen molar-refractivity contribution < 1.29 is 27.6 Å². The Hall–Kier alpha value is -2.40. The van der Waals surface area contributed by atoms with Crippen LogP contribution < -0.4 is 5.73 Å². The van der Waals surface area contributed by atoms with Gasteiger partial charge in [0.2, 0.25) is 0 Å². The molecular weight excluding hydrogens is 379 g/mol. The number of nitrogens with zero attached hydrogens (tertiary/aromatic N) is 2. The highest BCUT2D eigenvalue weighted by Crippen LogP contribution is 2.37. The lowest BCUT2D eigenvalue weighted by atomic mass is 10.2. The van der Waals surface area contributed by atoms with Gasteiger partial charge in [0.1, 0.15) is 5.76 Å². The number of carbonyl (C=O) groups is 1. The Bertz CT molecular complexity index is 864. The number of nitrogen functional groups attached to an aromatic ring is 1. The van der Waals surface area contributed by atoms with Crippen LogP contribution in [-0.4, -0.2) is 27.4 Å². The number of thiazole rings is 1. The summed E-state index contributed by atoms with van der Waals surface area (Å²) in [6.45, 7) is 3.88. The molecule has 0 aliphatic heterocycles. The SMILES string of the molecule is Cc1noc(C)c1-c1ccc(-c2csc(N)n2)s1.O=C(O)C(F)(F)F. The maximum atomic E-state index is 10.6. The van der Waals surface area contributed by atoms with Crippen LogP contribution in [0.2, 0.25) is 0 Å². The number of hydrogen-bond donors (Lipinski definition) is 2. The van der Waals surface area contributed by atoms with Crippen LogP contribution in [0.5, 0.6) is 0 Å². The Morgan fingerprint density at radius 1 is 1.28 bits per heavy atom. The third-order valence-electron chi connectivity index (χ3n) is 2.90. The van der Waals surface area contributed by atoms with Crippen molar-refractivity contribution >= 4 is 33.8 Å². The van der Waals surface area contributed by atoms with Crippen molar-refractivity contribution in [2.45, 2.75) is 20.0 Å². The van der Waals surface area contributed by atoms with Crippen LogP contribution in [0.1, 0.15) is 11.5 Å². The molecular formula is C14H12F3N3O3S2. The molecule has 3 aromatic heterocycles. The molecule has 0 saturated heterocycles. The monoisotopic (exact) mass is 391 g/mol. The maximum absolute atomic E-state index is 10.6. The van der Waals surface area contributed by atoms with E-state index in [4.69, 9.17) is 20.2 Å². The third kappa shape index (κ3) is 4.57. The van der Waals surface area contributed by atoms with Crippen LogP contribution in [0.4, 0.5) is 18.3 Å². The molecule has 3 rings (SSSR count). The normalized spacial score (nSPS) is 11.1. The van der Waals surface area contributed by atoms with Crippen LogP contribution in [0.25, 0.3) is 21.0 Å². The van der Waals surface area contributed by atoms with Gasteiger partial charge in [-0.15, -0.1) is 22.7 Å². The second-order valence-corrected chi connectivity index (χ2v) is 6.71. The number of rotatable bonds is 2. The van der Waals surface area contributed by atoms with Gasteiger partial charge in [0.05, 0.1) is 21.8 Å². The minimum Gasteiger partial charge on any atom is -0.475 e. The molecule has 0 fully saturated rings. The lowest BCUT2D eigenvalue weighted by Crippen LogP contribution is -2.21. The zero-order valence-electron chi connectivity index (χ0n) is 12.9. The van der Waals surface area contributed by atoms with E-state index in [0.29, 0.717) is 5.13 Å². The summed E-state index contributed by atoms with van der Waals surface area (Å²) in [7, 11) is 0. The van der Waals surface area contributed by atoms with Crippen molar-refractivity contribution in [2.24, 2.45) is 0 Å². The highest BCUT2D eigenvalue weighted by molar-refractivity contribution is 7.19. The fourth-order valence-corrected chi connectivity index (χ4v) is 3.59. The van der Waals surface area contributed by atoms with E-state index in [1.807, 2.05) is 19.2 Å². The Kier molecular flexibility index (Phi) is 5.48. The summed E-state index contributed by atoms with van der Waals surface area (Å²) in [6, 6.07) is 4.13. The third-order valence-corrected chi connectivity index (χ3v) is 4.70. The first-order chi connectivity index (χ1) is 11.6. The molecule has 0 spiro atoms. The Morgan fingerprint density at radius 3 is 2.32 bits per heavy atom. The lowest BCUT2D eigenvalue weighted by molar-refractivity contribution is -0.192. The predicted molar refractivity (Wildman–Crippen MR) is 88.5 cm³/mol. The first-order valence-corrected chi connectivity index (χ1v) is 8.33. The van der Waals surface area contributed by atoms with E-state index in [2.05, 4.69) is 22.3 Å². The molecule has 0 unspecified atom stereocenters. The number of nitrogens with two attached hydrogens (primary N) is 1. The summed E-state index contributed by atoms with van der Waals surface area (Å²) in [6.07, 6.45) is -5.08. The van der Waals surface area contributed by atoms with E-state index in [0.717, 1.165) is 32.5 Å². The highest BCUT2D eigenvalue weighted by atomic mass is 32.1. The van der Waals surface area contributed by atoms with Gasteiger partial charge in [0.15, 0.2) is 5.13 Å². The summed E-state index contributed by atoms with van der Waals surface area (Å²) < 4.78 is 36.9. The topological polar surface area (TPSA) is 102 Å². The van der Waals surface area contributed by atoms with Crippen molar-refractivity contribution in [1.29, 1.82) is 0 Å². The van der Waals surface area contributed by atoms with E-state index in [1.165, 1.54) is 11.3 Å². The number of alkyl halides is 3. The van der Waals surface area contributed by atoms with Gasteiger partial charge < -0.3 is 15.4 Å². The van der Waals surface area contributed by atoms with Crippen molar-refractivity contribution in [3.05, 3.63) is 29.0 Å². The van der Waals surface area contributed by atoms with Gasteiger partial charge >= 0.3 is 12.1 Å². The molecule has 0 radical (unpaired) electrons. The minimum absolute atomic E-state index is 0.595. The summed E-state index contributed by atoms with van der Waals surface area (Å²) >= 11 is 3.13. The van der Waals surface area contributed by atoms with Crippen LogP contribution in [0.3, 0.4) is 0 Å². The number of carboxylic acids is 1.